The normalized spacial score (nSPS) is 56.7. The number of hydrogen-bond donors (Lipinski definition) is 0. The van der Waals surface area contributed by atoms with E-state index in [0.29, 0.717) is 0 Å². The fraction of sp³-hybridized carbons (Fsp3) is 1.00. The molecule has 0 bridgehead atoms. The lowest BCUT2D eigenvalue weighted by atomic mass is 9.76. The minimum Gasteiger partial charge on any atom is -0.0878 e. The fourth-order valence-electron chi connectivity index (χ4n) is 1.99. The van der Waals surface area contributed by atoms with Gasteiger partial charge in [-0.15, -0.1) is 0 Å². The molecule has 0 nitrogen and oxygen atoms in total. The minimum absolute atomic E-state index is 0.759. The van der Waals surface area contributed by atoms with Gasteiger partial charge in [0.15, 0.2) is 0 Å². The first-order chi connectivity index (χ1) is 4.29. The Morgan fingerprint density at radius 2 is 1.89 bits per heavy atom. The summed E-state index contributed by atoms with van der Waals surface area (Å²) >= 11 is 7.39. The van der Waals surface area contributed by atoms with Crippen LogP contribution in [0.15, 0.2) is 0 Å². The Bertz CT molecular complexity index is 120. The molecule has 52 valence electrons. The third kappa shape index (κ3) is 0.900. The van der Waals surface area contributed by atoms with E-state index in [2.05, 4.69) is 31.9 Å². The van der Waals surface area contributed by atoms with Crippen molar-refractivity contribution in [3.63, 3.8) is 0 Å². The summed E-state index contributed by atoms with van der Waals surface area (Å²) in [4.78, 5) is 1.53. The molecule has 2 aliphatic carbocycles. The van der Waals surface area contributed by atoms with E-state index in [-0.39, 0.29) is 0 Å². The zero-order chi connectivity index (χ0) is 6.43. The second kappa shape index (κ2) is 2.23. The van der Waals surface area contributed by atoms with Crippen molar-refractivity contribution in [3.05, 3.63) is 0 Å². The lowest BCUT2D eigenvalue weighted by Crippen LogP contribution is -2.25. The Morgan fingerprint density at radius 1 is 1.11 bits per heavy atom. The van der Waals surface area contributed by atoms with Crippen LogP contribution in [0.5, 0.6) is 0 Å². The smallest absolute Gasteiger partial charge is 0.0302 e. The topological polar surface area (TPSA) is 0 Å². The van der Waals surface area contributed by atoms with Crippen molar-refractivity contribution in [1.82, 2.24) is 0 Å². The summed E-state index contributed by atoms with van der Waals surface area (Å²) < 4.78 is 0. The summed E-state index contributed by atoms with van der Waals surface area (Å²) in [5, 5.41) is 0. The second-order valence-electron chi connectivity index (χ2n) is 3.20. The highest BCUT2D eigenvalue weighted by Gasteiger charge is 2.45. The third-order valence-corrected chi connectivity index (χ3v) is 5.73. The highest BCUT2D eigenvalue weighted by molar-refractivity contribution is 9.12. The van der Waals surface area contributed by atoms with Crippen LogP contribution in [0.3, 0.4) is 0 Å². The van der Waals surface area contributed by atoms with Gasteiger partial charge in [0.05, 0.1) is 0 Å². The van der Waals surface area contributed by atoms with Gasteiger partial charge in [-0.3, -0.25) is 0 Å². The van der Waals surface area contributed by atoms with Crippen molar-refractivity contribution in [3.8, 4) is 0 Å². The molecule has 0 saturated heterocycles. The van der Waals surface area contributed by atoms with Gasteiger partial charge in [-0.05, 0) is 31.1 Å². The first-order valence-corrected chi connectivity index (χ1v) is 5.40. The van der Waals surface area contributed by atoms with Crippen molar-refractivity contribution >= 4 is 31.9 Å². The molecular weight excluding hydrogens is 244 g/mol. The average molecular weight is 254 g/mol. The second-order valence-corrected chi connectivity index (χ2v) is 5.43. The maximum Gasteiger partial charge on any atom is 0.0302 e. The van der Waals surface area contributed by atoms with Gasteiger partial charge < -0.3 is 0 Å². The minimum atomic E-state index is 0.759. The maximum atomic E-state index is 3.71. The van der Waals surface area contributed by atoms with Crippen LogP contribution in [-0.2, 0) is 0 Å². The number of rotatable bonds is 0. The molecule has 2 aliphatic rings. The molecule has 0 spiro atoms. The lowest BCUT2D eigenvalue weighted by molar-refractivity contribution is 0.224. The molecule has 0 aromatic heterocycles. The molecule has 2 heteroatoms. The highest BCUT2D eigenvalue weighted by Crippen LogP contribution is 2.51. The largest absolute Gasteiger partial charge is 0.0878 e. The summed E-state index contributed by atoms with van der Waals surface area (Å²) in [6.45, 7) is 0. The van der Waals surface area contributed by atoms with Crippen molar-refractivity contribution in [2.75, 3.05) is 0 Å². The number of alkyl halides is 2. The van der Waals surface area contributed by atoms with Gasteiger partial charge in [-0.25, -0.2) is 0 Å². The quantitative estimate of drug-likeness (QED) is 0.583. The molecule has 0 aromatic carbocycles. The molecule has 2 saturated carbocycles. The summed E-state index contributed by atoms with van der Waals surface area (Å²) in [6.07, 6.45) is 4.35. The Hall–Kier alpha value is 0.960. The van der Waals surface area contributed by atoms with Crippen molar-refractivity contribution in [2.24, 2.45) is 11.8 Å². The zero-order valence-electron chi connectivity index (χ0n) is 5.19. The van der Waals surface area contributed by atoms with Gasteiger partial charge in [-0.1, -0.05) is 31.9 Å². The van der Waals surface area contributed by atoms with Crippen LogP contribution in [0.4, 0.5) is 0 Å². The lowest BCUT2D eigenvalue weighted by Gasteiger charge is -2.31. The summed E-state index contributed by atoms with van der Waals surface area (Å²) in [5.74, 6) is 2.06. The fourth-order valence-corrected chi connectivity index (χ4v) is 3.78. The van der Waals surface area contributed by atoms with E-state index in [4.69, 9.17) is 0 Å². The van der Waals surface area contributed by atoms with E-state index in [9.17, 15) is 0 Å². The predicted molar refractivity (Wildman–Crippen MR) is 46.3 cm³/mol. The molecule has 0 N–H and O–H groups in total. The predicted octanol–water partition coefficient (Wildman–Crippen LogP) is 2.94. The van der Waals surface area contributed by atoms with Gasteiger partial charge in [0.2, 0.25) is 0 Å². The van der Waals surface area contributed by atoms with Crippen LogP contribution in [0.25, 0.3) is 0 Å². The van der Waals surface area contributed by atoms with E-state index in [0.717, 1.165) is 21.5 Å². The van der Waals surface area contributed by atoms with Crippen LogP contribution >= 0.6 is 31.9 Å². The van der Waals surface area contributed by atoms with Crippen LogP contribution in [0.2, 0.25) is 0 Å². The summed E-state index contributed by atoms with van der Waals surface area (Å²) in [6, 6.07) is 0. The molecule has 0 aromatic rings. The SMILES string of the molecule is Br[C@H]1[C@H](Br)CC2CC[C@@H]21. The molecule has 0 heterocycles. The zero-order valence-corrected chi connectivity index (χ0v) is 8.36. The molecule has 0 amide bonds. The molecule has 9 heavy (non-hydrogen) atoms. The van der Waals surface area contributed by atoms with Crippen LogP contribution in [-0.4, -0.2) is 9.65 Å². The monoisotopic (exact) mass is 252 g/mol. The van der Waals surface area contributed by atoms with E-state index in [1.807, 2.05) is 0 Å². The van der Waals surface area contributed by atoms with Gasteiger partial charge in [0.1, 0.15) is 0 Å². The number of halogens is 2. The molecule has 0 radical (unpaired) electrons. The molecule has 2 rings (SSSR count). The van der Waals surface area contributed by atoms with Crippen molar-refractivity contribution in [1.29, 1.82) is 0 Å². The van der Waals surface area contributed by atoms with Crippen LogP contribution < -0.4 is 0 Å². The van der Waals surface area contributed by atoms with E-state index < -0.39 is 0 Å². The molecule has 0 aliphatic heterocycles. The van der Waals surface area contributed by atoms with Crippen LogP contribution in [0.1, 0.15) is 19.3 Å². The summed E-state index contributed by atoms with van der Waals surface area (Å²) in [5.41, 5.74) is 0. The molecule has 1 unspecified atom stereocenters. The first kappa shape index (κ1) is 6.66. The highest BCUT2D eigenvalue weighted by atomic mass is 79.9. The Kier molecular flexibility index (Phi) is 1.65. The molecular formula is C7H10Br2. The van der Waals surface area contributed by atoms with E-state index >= 15 is 0 Å². The number of fused-ring (bicyclic) bond motifs is 1. The van der Waals surface area contributed by atoms with E-state index in [1.54, 1.807) is 0 Å². The first-order valence-electron chi connectivity index (χ1n) is 3.57. The van der Waals surface area contributed by atoms with Gasteiger partial charge in [-0.2, -0.15) is 0 Å². The standard InChI is InChI=1S/C7H10Br2/c8-6-3-4-1-2-5(4)7(6)9/h4-7H,1-3H2/t4?,5-,6+,7+/m0/s1. The van der Waals surface area contributed by atoms with Crippen molar-refractivity contribution in [2.45, 2.75) is 28.9 Å². The van der Waals surface area contributed by atoms with Gasteiger partial charge in [0.25, 0.3) is 0 Å². The van der Waals surface area contributed by atoms with Gasteiger partial charge in [0, 0.05) is 9.65 Å². The van der Waals surface area contributed by atoms with Crippen molar-refractivity contribution < 1.29 is 0 Å². The van der Waals surface area contributed by atoms with Crippen LogP contribution in [0, 0.1) is 11.8 Å². The molecule has 4 atom stereocenters. The Balaban J connectivity index is 2.07. The summed E-state index contributed by atoms with van der Waals surface area (Å²) in [7, 11) is 0. The third-order valence-electron chi connectivity index (χ3n) is 2.76. The Labute approximate surface area is 72.7 Å². The van der Waals surface area contributed by atoms with E-state index in [1.165, 1.54) is 19.3 Å². The maximum absolute atomic E-state index is 3.71. The van der Waals surface area contributed by atoms with Gasteiger partial charge >= 0.3 is 0 Å². The molecule has 2 fully saturated rings. The number of hydrogen-bond acceptors (Lipinski definition) is 0. The average Bonchev–Trinajstić information content (AvgIpc) is 1.92. The Morgan fingerprint density at radius 3 is 2.11 bits per heavy atom.